The van der Waals surface area contributed by atoms with Crippen LogP contribution in [0.25, 0.3) is 0 Å². The first-order chi connectivity index (χ1) is 10.5. The fraction of sp³-hybridized carbons (Fsp3) is 0.133. The van der Waals surface area contributed by atoms with Crippen molar-refractivity contribution < 1.29 is 19.5 Å². The van der Waals surface area contributed by atoms with Crippen LogP contribution in [0, 0.1) is 0 Å². The summed E-state index contributed by atoms with van der Waals surface area (Å²) < 4.78 is 0. The molecule has 0 fully saturated rings. The molecule has 114 valence electrons. The maximum atomic E-state index is 11.8. The first-order valence-electron chi connectivity index (χ1n) is 6.47. The Morgan fingerprint density at radius 3 is 2.41 bits per heavy atom. The summed E-state index contributed by atoms with van der Waals surface area (Å²) in [5.41, 5.74) is 0.911. The van der Waals surface area contributed by atoms with Gasteiger partial charge in [0.1, 0.15) is 6.54 Å². The Labute approximate surface area is 130 Å². The molecule has 1 heterocycles. The summed E-state index contributed by atoms with van der Waals surface area (Å²) >= 11 is 1.51. The van der Waals surface area contributed by atoms with Gasteiger partial charge in [-0.1, -0.05) is 6.07 Å². The molecule has 1 aromatic heterocycles. The maximum Gasteiger partial charge on any atom is 0.322 e. The molecule has 0 saturated carbocycles. The molecule has 0 aliphatic carbocycles. The van der Waals surface area contributed by atoms with Crippen LogP contribution < -0.4 is 10.6 Å². The molecule has 0 aliphatic heterocycles. The van der Waals surface area contributed by atoms with Gasteiger partial charge in [0.2, 0.25) is 5.91 Å². The van der Waals surface area contributed by atoms with Crippen molar-refractivity contribution in [3.8, 4) is 0 Å². The molecule has 7 heteroatoms. The number of hydrogen-bond acceptors (Lipinski definition) is 4. The molecule has 0 unspecified atom stereocenters. The SMILES string of the molecule is O=C(O)CNC(=O)c1ccc(NC(=O)Cc2cccs2)cc1. The molecule has 3 N–H and O–H groups in total. The van der Waals surface area contributed by atoms with Crippen molar-refractivity contribution in [2.75, 3.05) is 11.9 Å². The lowest BCUT2D eigenvalue weighted by Crippen LogP contribution is -2.29. The molecule has 0 bridgehead atoms. The van der Waals surface area contributed by atoms with Gasteiger partial charge in [-0.3, -0.25) is 14.4 Å². The van der Waals surface area contributed by atoms with Crippen LogP contribution in [0.5, 0.6) is 0 Å². The monoisotopic (exact) mass is 318 g/mol. The van der Waals surface area contributed by atoms with Crippen molar-refractivity contribution in [3.63, 3.8) is 0 Å². The van der Waals surface area contributed by atoms with Crippen LogP contribution >= 0.6 is 11.3 Å². The topological polar surface area (TPSA) is 95.5 Å². The number of benzene rings is 1. The first kappa shape index (κ1) is 15.7. The number of amides is 2. The number of aliphatic carboxylic acids is 1. The summed E-state index contributed by atoms with van der Waals surface area (Å²) in [5.74, 6) is -1.71. The van der Waals surface area contributed by atoms with E-state index < -0.39 is 18.4 Å². The fourth-order valence-electron chi connectivity index (χ4n) is 1.74. The third kappa shape index (κ3) is 4.71. The predicted molar refractivity (Wildman–Crippen MR) is 83.1 cm³/mol. The maximum absolute atomic E-state index is 11.8. The largest absolute Gasteiger partial charge is 0.480 e. The van der Waals surface area contributed by atoms with Crippen LogP contribution in [-0.4, -0.2) is 29.4 Å². The van der Waals surface area contributed by atoms with Gasteiger partial charge in [-0.15, -0.1) is 11.3 Å². The van der Waals surface area contributed by atoms with Gasteiger partial charge in [-0.05, 0) is 35.7 Å². The van der Waals surface area contributed by atoms with E-state index in [1.165, 1.54) is 23.5 Å². The Hall–Kier alpha value is -2.67. The Balaban J connectivity index is 1.89. The minimum Gasteiger partial charge on any atom is -0.480 e. The molecule has 22 heavy (non-hydrogen) atoms. The average Bonchev–Trinajstić information content (AvgIpc) is 2.98. The number of hydrogen-bond donors (Lipinski definition) is 3. The summed E-state index contributed by atoms with van der Waals surface area (Å²) in [6, 6.07) is 10.0. The van der Waals surface area contributed by atoms with Gasteiger partial charge in [0, 0.05) is 16.1 Å². The van der Waals surface area contributed by atoms with Crippen LogP contribution in [0.15, 0.2) is 41.8 Å². The quantitative estimate of drug-likeness (QED) is 0.756. The number of carboxylic acids is 1. The molecule has 0 aliphatic rings. The minimum absolute atomic E-state index is 0.134. The standard InChI is InChI=1S/C15H14N2O4S/c18-13(8-12-2-1-7-22-12)17-11-5-3-10(4-6-11)15(21)16-9-14(19)20/h1-7H,8-9H2,(H,16,21)(H,17,18)(H,19,20). The van der Waals surface area contributed by atoms with Gasteiger partial charge in [-0.25, -0.2) is 0 Å². The molecule has 2 aromatic rings. The van der Waals surface area contributed by atoms with Crippen LogP contribution in [0.4, 0.5) is 5.69 Å². The number of carbonyl (C=O) groups excluding carboxylic acids is 2. The molecule has 2 amide bonds. The van der Waals surface area contributed by atoms with E-state index in [4.69, 9.17) is 5.11 Å². The van der Waals surface area contributed by atoms with Crippen molar-refractivity contribution >= 4 is 34.8 Å². The Morgan fingerprint density at radius 1 is 1.09 bits per heavy atom. The smallest absolute Gasteiger partial charge is 0.322 e. The van der Waals surface area contributed by atoms with Gasteiger partial charge in [0.05, 0.1) is 6.42 Å². The summed E-state index contributed by atoms with van der Waals surface area (Å²) in [6.07, 6.45) is 0.304. The molecule has 0 radical (unpaired) electrons. The van der Waals surface area contributed by atoms with E-state index in [1.54, 1.807) is 12.1 Å². The zero-order chi connectivity index (χ0) is 15.9. The molecule has 2 rings (SSSR count). The molecule has 1 aromatic carbocycles. The van der Waals surface area contributed by atoms with Gasteiger partial charge >= 0.3 is 5.97 Å². The lowest BCUT2D eigenvalue weighted by atomic mass is 10.2. The van der Waals surface area contributed by atoms with E-state index in [0.29, 0.717) is 17.7 Å². The van der Waals surface area contributed by atoms with Crippen LogP contribution in [0.1, 0.15) is 15.2 Å². The second-order valence-electron chi connectivity index (χ2n) is 4.46. The van der Waals surface area contributed by atoms with E-state index in [1.807, 2.05) is 17.5 Å². The van der Waals surface area contributed by atoms with E-state index in [2.05, 4.69) is 10.6 Å². The highest BCUT2D eigenvalue weighted by Gasteiger charge is 2.08. The van der Waals surface area contributed by atoms with Crippen molar-refractivity contribution in [2.24, 2.45) is 0 Å². The van der Waals surface area contributed by atoms with Gasteiger partial charge in [0.15, 0.2) is 0 Å². The lowest BCUT2D eigenvalue weighted by molar-refractivity contribution is -0.135. The molecule has 0 atom stereocenters. The molecular weight excluding hydrogens is 304 g/mol. The number of nitrogens with one attached hydrogen (secondary N) is 2. The molecule has 6 nitrogen and oxygen atoms in total. The predicted octanol–water partition coefficient (Wildman–Crippen LogP) is 1.74. The molecular formula is C15H14N2O4S. The second-order valence-corrected chi connectivity index (χ2v) is 5.49. The third-order valence-electron chi connectivity index (χ3n) is 2.75. The van der Waals surface area contributed by atoms with Gasteiger partial charge in [0.25, 0.3) is 5.91 Å². The van der Waals surface area contributed by atoms with Crippen molar-refractivity contribution in [1.82, 2.24) is 5.32 Å². The minimum atomic E-state index is -1.11. The number of thiophene rings is 1. The lowest BCUT2D eigenvalue weighted by Gasteiger charge is -2.06. The Kier molecular flexibility index (Phi) is 5.26. The van der Waals surface area contributed by atoms with E-state index >= 15 is 0 Å². The molecule has 0 saturated heterocycles. The number of anilines is 1. The van der Waals surface area contributed by atoms with Gasteiger partial charge in [-0.2, -0.15) is 0 Å². The highest BCUT2D eigenvalue weighted by Crippen LogP contribution is 2.13. The van der Waals surface area contributed by atoms with Crippen molar-refractivity contribution in [2.45, 2.75) is 6.42 Å². The Bertz CT molecular complexity index is 665. The zero-order valence-electron chi connectivity index (χ0n) is 11.5. The third-order valence-corrected chi connectivity index (χ3v) is 3.62. The fourth-order valence-corrected chi connectivity index (χ4v) is 2.44. The number of rotatable bonds is 6. The average molecular weight is 318 g/mol. The first-order valence-corrected chi connectivity index (χ1v) is 7.35. The summed E-state index contributed by atoms with van der Waals surface area (Å²) in [5, 5.41) is 15.4. The Morgan fingerprint density at radius 2 is 1.82 bits per heavy atom. The van der Waals surface area contributed by atoms with Crippen LogP contribution in [0.2, 0.25) is 0 Å². The van der Waals surface area contributed by atoms with Crippen LogP contribution in [0.3, 0.4) is 0 Å². The van der Waals surface area contributed by atoms with E-state index in [9.17, 15) is 14.4 Å². The summed E-state index contributed by atoms with van der Waals surface area (Å²) in [7, 11) is 0. The highest BCUT2D eigenvalue weighted by molar-refractivity contribution is 7.10. The van der Waals surface area contributed by atoms with E-state index in [-0.39, 0.29) is 5.91 Å². The normalized spacial score (nSPS) is 10.0. The zero-order valence-corrected chi connectivity index (χ0v) is 12.4. The summed E-state index contributed by atoms with van der Waals surface area (Å²) in [4.78, 5) is 34.8. The number of carbonyl (C=O) groups is 3. The second kappa shape index (κ2) is 7.37. The van der Waals surface area contributed by atoms with Crippen LogP contribution in [-0.2, 0) is 16.0 Å². The number of carboxylic acid groups (broad SMARTS) is 1. The molecule has 0 spiro atoms. The highest BCUT2D eigenvalue weighted by atomic mass is 32.1. The summed E-state index contributed by atoms with van der Waals surface area (Å²) in [6.45, 7) is -0.432. The van der Waals surface area contributed by atoms with E-state index in [0.717, 1.165) is 4.88 Å². The van der Waals surface area contributed by atoms with Gasteiger partial charge < -0.3 is 15.7 Å². The van der Waals surface area contributed by atoms with Crippen molar-refractivity contribution in [3.05, 3.63) is 52.2 Å². The van der Waals surface area contributed by atoms with Crippen molar-refractivity contribution in [1.29, 1.82) is 0 Å².